The van der Waals surface area contributed by atoms with E-state index in [-0.39, 0.29) is 12.0 Å². The monoisotopic (exact) mass is 311 g/mol. The Bertz CT molecular complexity index is 415. The van der Waals surface area contributed by atoms with E-state index in [1.54, 1.807) is 0 Å². The molecule has 3 N–H and O–H groups in total. The predicted molar refractivity (Wildman–Crippen MR) is 72.5 cm³/mol. The Kier molecular flexibility index (Phi) is 5.93. The molecule has 0 spiro atoms. The second kappa shape index (κ2) is 6.84. The van der Waals surface area contributed by atoms with E-state index in [0.717, 1.165) is 10.7 Å². The Balaban J connectivity index is 2.50. The van der Waals surface area contributed by atoms with Crippen LogP contribution in [0.4, 0.5) is 13.2 Å². The van der Waals surface area contributed by atoms with Crippen LogP contribution in [-0.4, -0.2) is 30.4 Å². The number of nitrogens with zero attached hydrogens (tertiary/aromatic N) is 1. The van der Waals surface area contributed by atoms with Crippen molar-refractivity contribution in [3.8, 4) is 0 Å². The number of nitrogens with one attached hydrogen (secondary N) is 1. The summed E-state index contributed by atoms with van der Waals surface area (Å²) in [5.41, 5.74) is 3.37. The van der Waals surface area contributed by atoms with Crippen molar-refractivity contribution >= 4 is 11.3 Å². The van der Waals surface area contributed by atoms with Crippen molar-refractivity contribution in [1.29, 1.82) is 0 Å². The standard InChI is InChI=1S/C12H20F3N3OS/c1-11(2,3)9-6-20-10(17-9)4-8(18-16)5-19-7-12(13,14)15/h6,8,18H,4-5,7,16H2,1-3H3. The highest BCUT2D eigenvalue weighted by atomic mass is 32.1. The molecule has 0 bridgehead atoms. The fourth-order valence-corrected chi connectivity index (χ4v) is 2.55. The predicted octanol–water partition coefficient (Wildman–Crippen LogP) is 2.39. The van der Waals surface area contributed by atoms with Gasteiger partial charge in [0.25, 0.3) is 0 Å². The normalized spacial score (nSPS) is 14.6. The minimum Gasteiger partial charge on any atom is -0.370 e. The molecule has 1 aromatic heterocycles. The zero-order valence-corrected chi connectivity index (χ0v) is 12.6. The number of thiazole rings is 1. The van der Waals surface area contributed by atoms with Crippen LogP contribution in [-0.2, 0) is 16.6 Å². The highest BCUT2D eigenvalue weighted by Crippen LogP contribution is 2.24. The first-order valence-corrected chi connectivity index (χ1v) is 7.05. The van der Waals surface area contributed by atoms with E-state index in [0.29, 0.717) is 6.42 Å². The molecule has 1 unspecified atom stereocenters. The van der Waals surface area contributed by atoms with Gasteiger partial charge in [0.15, 0.2) is 0 Å². The number of hydrazine groups is 1. The molecule has 0 saturated heterocycles. The van der Waals surface area contributed by atoms with Gasteiger partial charge in [-0.15, -0.1) is 11.3 Å². The summed E-state index contributed by atoms with van der Waals surface area (Å²) < 4.78 is 40.6. The molecule has 1 atom stereocenters. The maximum Gasteiger partial charge on any atom is 0.411 e. The molecule has 0 radical (unpaired) electrons. The summed E-state index contributed by atoms with van der Waals surface area (Å²) in [4.78, 5) is 4.47. The number of hydrogen-bond acceptors (Lipinski definition) is 5. The maximum absolute atomic E-state index is 12.0. The Morgan fingerprint density at radius 1 is 1.40 bits per heavy atom. The molecule has 1 aromatic rings. The summed E-state index contributed by atoms with van der Waals surface area (Å²) in [7, 11) is 0. The molecule has 0 aliphatic heterocycles. The van der Waals surface area contributed by atoms with Crippen LogP contribution in [0, 0.1) is 0 Å². The van der Waals surface area contributed by atoms with E-state index < -0.39 is 18.8 Å². The van der Waals surface area contributed by atoms with Gasteiger partial charge in [0, 0.05) is 17.2 Å². The van der Waals surface area contributed by atoms with Crippen LogP contribution in [0.15, 0.2) is 5.38 Å². The minimum absolute atomic E-state index is 0.0484. The molecule has 20 heavy (non-hydrogen) atoms. The Morgan fingerprint density at radius 2 is 2.05 bits per heavy atom. The summed E-state index contributed by atoms with van der Waals surface area (Å²) in [5, 5.41) is 2.79. The van der Waals surface area contributed by atoms with Crippen LogP contribution < -0.4 is 11.3 Å². The minimum atomic E-state index is -4.32. The number of hydrogen-bond donors (Lipinski definition) is 2. The van der Waals surface area contributed by atoms with Gasteiger partial charge in [-0.25, -0.2) is 4.98 Å². The SMILES string of the molecule is CC(C)(C)c1csc(CC(COCC(F)(F)F)NN)n1. The second-order valence-electron chi connectivity index (χ2n) is 5.57. The molecular weight excluding hydrogens is 291 g/mol. The van der Waals surface area contributed by atoms with Crippen molar-refractivity contribution in [3.05, 3.63) is 16.1 Å². The van der Waals surface area contributed by atoms with Crippen LogP contribution in [0.5, 0.6) is 0 Å². The quantitative estimate of drug-likeness (QED) is 0.625. The fourth-order valence-electron chi connectivity index (χ4n) is 1.44. The number of rotatable bonds is 6. The van der Waals surface area contributed by atoms with E-state index in [4.69, 9.17) is 5.84 Å². The average Bonchev–Trinajstić information content (AvgIpc) is 2.74. The first kappa shape index (κ1) is 17.4. The lowest BCUT2D eigenvalue weighted by Crippen LogP contribution is -2.41. The van der Waals surface area contributed by atoms with Gasteiger partial charge in [0.2, 0.25) is 0 Å². The first-order chi connectivity index (χ1) is 9.12. The van der Waals surface area contributed by atoms with Gasteiger partial charge in [-0.3, -0.25) is 11.3 Å². The smallest absolute Gasteiger partial charge is 0.370 e. The molecular formula is C12H20F3N3OS. The lowest BCUT2D eigenvalue weighted by molar-refractivity contribution is -0.175. The zero-order chi connectivity index (χ0) is 15.4. The Morgan fingerprint density at radius 3 is 2.50 bits per heavy atom. The molecule has 0 saturated carbocycles. The van der Waals surface area contributed by atoms with Crippen LogP contribution in [0.1, 0.15) is 31.5 Å². The van der Waals surface area contributed by atoms with E-state index in [2.05, 4.69) is 35.9 Å². The van der Waals surface area contributed by atoms with Crippen molar-refractivity contribution in [2.45, 2.75) is 44.8 Å². The van der Waals surface area contributed by atoms with Gasteiger partial charge in [0.1, 0.15) is 6.61 Å². The molecule has 0 fully saturated rings. The molecule has 0 amide bonds. The van der Waals surface area contributed by atoms with Gasteiger partial charge in [-0.2, -0.15) is 13.2 Å². The Labute approximate surface area is 120 Å². The van der Waals surface area contributed by atoms with Gasteiger partial charge in [-0.1, -0.05) is 20.8 Å². The first-order valence-electron chi connectivity index (χ1n) is 6.17. The highest BCUT2D eigenvalue weighted by molar-refractivity contribution is 7.09. The molecule has 1 heterocycles. The van der Waals surface area contributed by atoms with Gasteiger partial charge < -0.3 is 4.74 Å². The van der Waals surface area contributed by atoms with Crippen molar-refractivity contribution in [3.63, 3.8) is 0 Å². The molecule has 0 aromatic carbocycles. The van der Waals surface area contributed by atoms with Crippen LogP contribution in [0.2, 0.25) is 0 Å². The summed E-state index contributed by atoms with van der Waals surface area (Å²) >= 11 is 1.47. The summed E-state index contributed by atoms with van der Waals surface area (Å²) in [6.45, 7) is 4.78. The zero-order valence-electron chi connectivity index (χ0n) is 11.8. The van der Waals surface area contributed by atoms with Crippen molar-refractivity contribution in [2.75, 3.05) is 13.2 Å². The average molecular weight is 311 g/mol. The van der Waals surface area contributed by atoms with E-state index >= 15 is 0 Å². The number of ether oxygens (including phenoxy) is 1. The van der Waals surface area contributed by atoms with Crippen LogP contribution in [0.25, 0.3) is 0 Å². The van der Waals surface area contributed by atoms with Crippen molar-refractivity contribution in [1.82, 2.24) is 10.4 Å². The summed E-state index contributed by atoms with van der Waals surface area (Å²) in [5.74, 6) is 5.33. The molecule has 4 nitrogen and oxygen atoms in total. The van der Waals surface area contributed by atoms with Gasteiger partial charge in [-0.05, 0) is 0 Å². The third-order valence-electron chi connectivity index (χ3n) is 2.56. The molecule has 8 heteroatoms. The van der Waals surface area contributed by atoms with Gasteiger partial charge >= 0.3 is 6.18 Å². The summed E-state index contributed by atoms with van der Waals surface area (Å²) in [6.07, 6.45) is -3.88. The topological polar surface area (TPSA) is 60.2 Å². The van der Waals surface area contributed by atoms with Crippen LogP contribution >= 0.6 is 11.3 Å². The van der Waals surface area contributed by atoms with Crippen LogP contribution in [0.3, 0.4) is 0 Å². The number of aromatic nitrogens is 1. The molecule has 0 aliphatic rings. The van der Waals surface area contributed by atoms with E-state index in [9.17, 15) is 13.2 Å². The lowest BCUT2D eigenvalue weighted by atomic mass is 9.93. The number of halogens is 3. The van der Waals surface area contributed by atoms with Gasteiger partial charge in [0.05, 0.1) is 23.4 Å². The largest absolute Gasteiger partial charge is 0.411 e. The Hall–Kier alpha value is -0.700. The molecule has 0 aliphatic carbocycles. The van der Waals surface area contributed by atoms with E-state index in [1.807, 2.05) is 5.38 Å². The molecule has 116 valence electrons. The van der Waals surface area contributed by atoms with Crippen molar-refractivity contribution in [2.24, 2.45) is 5.84 Å². The number of alkyl halides is 3. The molecule has 1 rings (SSSR count). The third-order valence-corrected chi connectivity index (χ3v) is 3.43. The maximum atomic E-state index is 12.0. The van der Waals surface area contributed by atoms with Crippen molar-refractivity contribution < 1.29 is 17.9 Å². The fraction of sp³-hybridized carbons (Fsp3) is 0.750. The summed E-state index contributed by atoms with van der Waals surface area (Å²) in [6, 6.07) is -0.392. The van der Waals surface area contributed by atoms with E-state index in [1.165, 1.54) is 11.3 Å². The third kappa shape index (κ3) is 6.17. The number of nitrogens with two attached hydrogens (primary N) is 1. The second-order valence-corrected chi connectivity index (χ2v) is 6.52. The highest BCUT2D eigenvalue weighted by Gasteiger charge is 2.28. The lowest BCUT2D eigenvalue weighted by Gasteiger charge is -2.16.